The number of amides is 1. The van der Waals surface area contributed by atoms with Crippen LogP contribution in [0.25, 0.3) is 5.82 Å². The van der Waals surface area contributed by atoms with Gasteiger partial charge in [-0.15, -0.1) is 0 Å². The fourth-order valence-electron chi connectivity index (χ4n) is 3.84. The van der Waals surface area contributed by atoms with Gasteiger partial charge >= 0.3 is 0 Å². The molecule has 1 amide bonds. The van der Waals surface area contributed by atoms with Gasteiger partial charge in [0.05, 0.1) is 30.0 Å². The average molecular weight is 381 g/mol. The zero-order valence-corrected chi connectivity index (χ0v) is 17.2. The molecular formula is C21H27N5O2. The molecule has 0 N–H and O–H groups in total. The van der Waals surface area contributed by atoms with Crippen LogP contribution in [0, 0.1) is 13.8 Å². The zero-order valence-electron chi connectivity index (χ0n) is 17.2. The number of rotatable bonds is 4. The van der Waals surface area contributed by atoms with E-state index in [0.29, 0.717) is 25.9 Å². The third-order valence-corrected chi connectivity index (χ3v) is 5.34. The molecule has 0 aliphatic carbocycles. The molecule has 4 rings (SSSR count). The summed E-state index contributed by atoms with van der Waals surface area (Å²) in [5.74, 6) is 1.98. The Morgan fingerprint density at radius 2 is 1.89 bits per heavy atom. The molecule has 3 aromatic heterocycles. The summed E-state index contributed by atoms with van der Waals surface area (Å²) in [6, 6.07) is 4.02. The molecule has 148 valence electrons. The Bertz CT molecular complexity index is 985. The molecule has 0 unspecified atom stereocenters. The van der Waals surface area contributed by atoms with Gasteiger partial charge in [-0.3, -0.25) is 4.79 Å². The highest BCUT2D eigenvalue weighted by atomic mass is 16.5. The summed E-state index contributed by atoms with van der Waals surface area (Å²) in [4.78, 5) is 14.7. The summed E-state index contributed by atoms with van der Waals surface area (Å²) >= 11 is 0. The van der Waals surface area contributed by atoms with Gasteiger partial charge in [-0.05, 0) is 53.2 Å². The first-order valence-corrected chi connectivity index (χ1v) is 9.70. The van der Waals surface area contributed by atoms with Gasteiger partial charge in [-0.1, -0.05) is 5.16 Å². The largest absolute Gasteiger partial charge is 0.361 e. The molecule has 4 heterocycles. The Hall–Kier alpha value is -2.83. The van der Waals surface area contributed by atoms with E-state index in [4.69, 9.17) is 9.62 Å². The van der Waals surface area contributed by atoms with Crippen molar-refractivity contribution in [3.8, 4) is 5.82 Å². The highest BCUT2D eigenvalue weighted by Gasteiger charge is 2.33. The molecule has 0 saturated carbocycles. The number of carbonyl (C=O) groups excluding carboxylic acids is 1. The molecule has 0 radical (unpaired) electrons. The number of fused-ring (bicyclic) bond motifs is 1. The lowest BCUT2D eigenvalue weighted by molar-refractivity contribution is -0.131. The van der Waals surface area contributed by atoms with E-state index >= 15 is 0 Å². The molecule has 7 heteroatoms. The summed E-state index contributed by atoms with van der Waals surface area (Å²) < 4.78 is 9.37. The highest BCUT2D eigenvalue weighted by Crippen LogP contribution is 2.32. The van der Waals surface area contributed by atoms with E-state index in [2.05, 4.69) is 35.2 Å². The van der Waals surface area contributed by atoms with Crippen molar-refractivity contribution in [2.45, 2.75) is 66.1 Å². The lowest BCUT2D eigenvalue weighted by Gasteiger charge is -2.24. The number of hydrogen-bond acceptors (Lipinski definition) is 4. The maximum atomic E-state index is 12.8. The van der Waals surface area contributed by atoms with Crippen molar-refractivity contribution in [2.24, 2.45) is 0 Å². The van der Waals surface area contributed by atoms with Crippen molar-refractivity contribution in [1.29, 1.82) is 0 Å². The van der Waals surface area contributed by atoms with Crippen molar-refractivity contribution < 1.29 is 9.32 Å². The molecule has 7 nitrogen and oxygen atoms in total. The number of aromatic nitrogens is 4. The van der Waals surface area contributed by atoms with Gasteiger partial charge in [0, 0.05) is 29.9 Å². The maximum absolute atomic E-state index is 12.8. The summed E-state index contributed by atoms with van der Waals surface area (Å²) in [6.07, 6.45) is 5.16. The van der Waals surface area contributed by atoms with E-state index < -0.39 is 0 Å². The molecular weight excluding hydrogens is 354 g/mol. The Morgan fingerprint density at radius 1 is 1.18 bits per heavy atom. The lowest BCUT2D eigenvalue weighted by Crippen LogP contribution is -2.29. The van der Waals surface area contributed by atoms with Gasteiger partial charge in [0.15, 0.2) is 0 Å². The molecule has 0 fully saturated rings. The molecule has 1 aliphatic rings. The first-order valence-electron chi connectivity index (χ1n) is 9.70. The van der Waals surface area contributed by atoms with E-state index in [1.807, 2.05) is 43.3 Å². The molecule has 0 spiro atoms. The Kier molecular flexibility index (Phi) is 4.40. The minimum atomic E-state index is -0.137. The van der Waals surface area contributed by atoms with Crippen molar-refractivity contribution in [3.63, 3.8) is 0 Å². The molecule has 0 bridgehead atoms. The van der Waals surface area contributed by atoms with E-state index in [1.54, 1.807) is 0 Å². The Morgan fingerprint density at radius 3 is 2.50 bits per heavy atom. The monoisotopic (exact) mass is 381 g/mol. The minimum absolute atomic E-state index is 0.137. The quantitative estimate of drug-likeness (QED) is 0.693. The topological polar surface area (TPSA) is 69.1 Å². The van der Waals surface area contributed by atoms with Gasteiger partial charge < -0.3 is 14.0 Å². The zero-order chi connectivity index (χ0) is 20.1. The molecule has 3 aromatic rings. The summed E-state index contributed by atoms with van der Waals surface area (Å²) in [7, 11) is 0. The number of carbonyl (C=O) groups is 1. The Balaban J connectivity index is 1.55. The number of aryl methyl sites for hydroxylation is 2. The number of nitrogens with zero attached hydrogens (tertiary/aromatic N) is 5. The maximum Gasteiger partial charge on any atom is 0.223 e. The molecule has 0 aromatic carbocycles. The second-order valence-corrected chi connectivity index (χ2v) is 8.47. The van der Waals surface area contributed by atoms with Crippen LogP contribution in [0.1, 0.15) is 55.5 Å². The third kappa shape index (κ3) is 3.15. The van der Waals surface area contributed by atoms with E-state index in [9.17, 15) is 4.79 Å². The van der Waals surface area contributed by atoms with Crippen LogP contribution in [0.4, 0.5) is 0 Å². The van der Waals surface area contributed by atoms with Crippen molar-refractivity contribution in [1.82, 2.24) is 24.4 Å². The predicted octanol–water partition coefficient (Wildman–Crippen LogP) is 3.51. The van der Waals surface area contributed by atoms with Gasteiger partial charge in [0.1, 0.15) is 11.6 Å². The van der Waals surface area contributed by atoms with E-state index in [0.717, 1.165) is 34.1 Å². The third-order valence-electron chi connectivity index (χ3n) is 5.34. The first kappa shape index (κ1) is 18.5. The second-order valence-electron chi connectivity index (χ2n) is 8.47. The van der Waals surface area contributed by atoms with Crippen molar-refractivity contribution in [2.75, 3.05) is 0 Å². The molecule has 0 atom stereocenters. The first-order chi connectivity index (χ1) is 13.3. The molecule has 0 saturated heterocycles. The average Bonchev–Trinajstić information content (AvgIpc) is 3.36. The highest BCUT2D eigenvalue weighted by molar-refractivity contribution is 5.77. The van der Waals surface area contributed by atoms with Crippen LogP contribution >= 0.6 is 0 Å². The second kappa shape index (κ2) is 6.65. The number of hydrogen-bond donors (Lipinski definition) is 0. The smallest absolute Gasteiger partial charge is 0.223 e. The van der Waals surface area contributed by atoms with Crippen LogP contribution in [-0.2, 0) is 29.8 Å². The SMILES string of the molecule is Cc1noc(C)c1CCC(=O)N1Cc2nn(C(C)(C)C)c(-n3cccc3)c2C1. The Labute approximate surface area is 164 Å². The fraction of sp³-hybridized carbons (Fsp3) is 0.476. The minimum Gasteiger partial charge on any atom is -0.361 e. The normalized spacial score (nSPS) is 14.0. The van der Waals surface area contributed by atoms with E-state index in [1.165, 1.54) is 0 Å². The van der Waals surface area contributed by atoms with Crippen LogP contribution in [-0.4, -0.2) is 30.3 Å². The molecule has 28 heavy (non-hydrogen) atoms. The van der Waals surface area contributed by atoms with Crippen LogP contribution < -0.4 is 0 Å². The summed E-state index contributed by atoms with van der Waals surface area (Å²) in [5.41, 5.74) is 3.89. The lowest BCUT2D eigenvalue weighted by atomic mass is 10.1. The standard InChI is InChI=1S/C21H27N5O2/c1-14-16(15(2)28-23-14)8-9-19(27)25-12-17-18(13-25)22-26(21(3,4)5)20(17)24-10-6-7-11-24/h6-7,10-11H,8-9,12-13H2,1-5H3. The predicted molar refractivity (Wildman–Crippen MR) is 105 cm³/mol. The molecule has 1 aliphatic heterocycles. The summed E-state index contributed by atoms with van der Waals surface area (Å²) in [5, 5.41) is 8.84. The van der Waals surface area contributed by atoms with Crippen LogP contribution in [0.3, 0.4) is 0 Å². The fourth-order valence-corrected chi connectivity index (χ4v) is 3.84. The van der Waals surface area contributed by atoms with Gasteiger partial charge in [0.2, 0.25) is 5.91 Å². The van der Waals surface area contributed by atoms with Crippen molar-refractivity contribution in [3.05, 3.63) is 52.8 Å². The van der Waals surface area contributed by atoms with Crippen molar-refractivity contribution >= 4 is 5.91 Å². The van der Waals surface area contributed by atoms with Gasteiger partial charge in [-0.25, -0.2) is 4.68 Å². The summed E-state index contributed by atoms with van der Waals surface area (Å²) in [6.45, 7) is 11.4. The van der Waals surface area contributed by atoms with E-state index in [-0.39, 0.29) is 11.4 Å². The van der Waals surface area contributed by atoms with Crippen LogP contribution in [0.2, 0.25) is 0 Å². The van der Waals surface area contributed by atoms with Gasteiger partial charge in [-0.2, -0.15) is 5.10 Å². The van der Waals surface area contributed by atoms with Gasteiger partial charge in [0.25, 0.3) is 0 Å². The van der Waals surface area contributed by atoms with Crippen LogP contribution in [0.5, 0.6) is 0 Å². The van der Waals surface area contributed by atoms with Crippen LogP contribution in [0.15, 0.2) is 29.0 Å².